The minimum absolute atomic E-state index is 0.0602. The van der Waals surface area contributed by atoms with E-state index in [2.05, 4.69) is 10.4 Å². The van der Waals surface area contributed by atoms with Crippen LogP contribution in [0.4, 0.5) is 0 Å². The van der Waals surface area contributed by atoms with Crippen LogP contribution in [0.3, 0.4) is 0 Å². The summed E-state index contributed by atoms with van der Waals surface area (Å²) in [4.78, 5) is 4.17. The van der Waals surface area contributed by atoms with Gasteiger partial charge in [-0.25, -0.2) is 4.99 Å². The Morgan fingerprint density at radius 1 is 1.75 bits per heavy atom. The first-order valence-corrected chi connectivity index (χ1v) is 3.91. The molecule has 0 saturated heterocycles. The van der Waals surface area contributed by atoms with Gasteiger partial charge in [0, 0.05) is 11.8 Å². The fraction of sp³-hybridized carbons (Fsp3) is 0.375. The monoisotopic (exact) mass is 165 g/mol. The molecule has 0 bridgehead atoms. The van der Waals surface area contributed by atoms with E-state index in [9.17, 15) is 5.11 Å². The van der Waals surface area contributed by atoms with Crippen molar-refractivity contribution in [2.75, 3.05) is 0 Å². The van der Waals surface area contributed by atoms with Gasteiger partial charge in [0.2, 0.25) is 0 Å². The number of rotatable bonds is 1. The van der Waals surface area contributed by atoms with E-state index >= 15 is 0 Å². The zero-order chi connectivity index (χ0) is 8.55. The average Bonchev–Trinajstić information content (AvgIpc) is 2.49. The molecule has 0 fully saturated rings. The van der Waals surface area contributed by atoms with Gasteiger partial charge in [-0.3, -0.25) is 10.4 Å². The van der Waals surface area contributed by atoms with E-state index in [0.717, 1.165) is 5.57 Å². The summed E-state index contributed by atoms with van der Waals surface area (Å²) in [5.74, 6) is 0. The van der Waals surface area contributed by atoms with Crippen LogP contribution in [0.5, 0.6) is 0 Å². The topological polar surface area (TPSA) is 47.9 Å². The van der Waals surface area contributed by atoms with Gasteiger partial charge in [-0.15, -0.1) is 0 Å². The minimum atomic E-state index is -0.445. The first-order valence-electron chi connectivity index (χ1n) is 3.91. The second-order valence-corrected chi connectivity index (χ2v) is 2.87. The van der Waals surface area contributed by atoms with Gasteiger partial charge < -0.3 is 5.11 Å². The van der Waals surface area contributed by atoms with Crippen LogP contribution in [0.15, 0.2) is 28.9 Å². The second kappa shape index (κ2) is 2.64. The van der Waals surface area contributed by atoms with Crippen molar-refractivity contribution in [3.05, 3.63) is 23.9 Å². The van der Waals surface area contributed by atoms with Gasteiger partial charge in [0.05, 0.1) is 6.10 Å². The number of fused-ring (bicyclic) bond motifs is 1. The standard InChI is InChI=1S/C8H11N3O/c1-6(12)7-3-2-4-11-8(7)9-5-10-11/h2-6,8,12H,1H3,(H,9,10). The fourth-order valence-electron chi connectivity index (χ4n) is 1.37. The van der Waals surface area contributed by atoms with E-state index in [0.29, 0.717) is 0 Å². The fourth-order valence-corrected chi connectivity index (χ4v) is 1.37. The number of hydrogen-bond acceptors (Lipinski definition) is 4. The maximum Gasteiger partial charge on any atom is 0.165 e. The predicted molar refractivity (Wildman–Crippen MR) is 46.2 cm³/mol. The van der Waals surface area contributed by atoms with E-state index in [1.165, 1.54) is 0 Å². The van der Waals surface area contributed by atoms with Crippen LogP contribution >= 0.6 is 0 Å². The summed E-state index contributed by atoms with van der Waals surface area (Å²) < 4.78 is 0. The van der Waals surface area contributed by atoms with E-state index < -0.39 is 6.10 Å². The highest BCUT2D eigenvalue weighted by molar-refractivity contribution is 5.58. The molecule has 2 rings (SSSR count). The van der Waals surface area contributed by atoms with Gasteiger partial charge in [0.1, 0.15) is 6.34 Å². The van der Waals surface area contributed by atoms with Crippen LogP contribution < -0.4 is 5.43 Å². The molecule has 0 radical (unpaired) electrons. The number of nitrogens with zero attached hydrogens (tertiary/aromatic N) is 2. The molecular formula is C8H11N3O. The maximum absolute atomic E-state index is 9.39. The molecule has 0 spiro atoms. The molecule has 2 atom stereocenters. The number of aliphatic hydroxyl groups is 1. The van der Waals surface area contributed by atoms with E-state index in [-0.39, 0.29) is 6.17 Å². The largest absolute Gasteiger partial charge is 0.389 e. The van der Waals surface area contributed by atoms with Crippen LogP contribution in [0.25, 0.3) is 0 Å². The quantitative estimate of drug-likeness (QED) is 0.574. The van der Waals surface area contributed by atoms with Crippen LogP contribution in [-0.4, -0.2) is 28.7 Å². The first-order chi connectivity index (χ1) is 5.79. The summed E-state index contributed by atoms with van der Waals surface area (Å²) in [6.07, 6.45) is 6.81. The Morgan fingerprint density at radius 2 is 2.58 bits per heavy atom. The summed E-state index contributed by atoms with van der Waals surface area (Å²) in [6.45, 7) is 1.75. The van der Waals surface area contributed by atoms with Crippen molar-refractivity contribution in [3.8, 4) is 0 Å². The first kappa shape index (κ1) is 7.36. The lowest BCUT2D eigenvalue weighted by atomic mass is 10.1. The summed E-state index contributed by atoms with van der Waals surface area (Å²) >= 11 is 0. The number of hydrogen-bond donors (Lipinski definition) is 2. The van der Waals surface area contributed by atoms with Crippen LogP contribution in [-0.2, 0) is 0 Å². The van der Waals surface area contributed by atoms with Gasteiger partial charge in [-0.1, -0.05) is 6.08 Å². The van der Waals surface area contributed by atoms with Gasteiger partial charge in [-0.2, -0.15) is 0 Å². The van der Waals surface area contributed by atoms with Crippen LogP contribution in [0, 0.1) is 0 Å². The Kier molecular flexibility index (Phi) is 1.62. The zero-order valence-corrected chi connectivity index (χ0v) is 6.81. The number of nitrogens with one attached hydrogen (secondary N) is 1. The maximum atomic E-state index is 9.39. The van der Waals surface area contributed by atoms with Crippen molar-refractivity contribution < 1.29 is 5.11 Å². The molecule has 2 unspecified atom stereocenters. The smallest absolute Gasteiger partial charge is 0.165 e. The molecule has 0 aromatic rings. The molecular weight excluding hydrogens is 154 g/mol. The Balaban J connectivity index is 2.26. The molecule has 4 heteroatoms. The van der Waals surface area contributed by atoms with Gasteiger partial charge >= 0.3 is 0 Å². The number of aliphatic imine (C=N–C) groups is 1. The molecule has 2 N–H and O–H groups in total. The molecule has 0 amide bonds. The highest BCUT2D eigenvalue weighted by Gasteiger charge is 2.26. The van der Waals surface area contributed by atoms with Gasteiger partial charge in [0.15, 0.2) is 6.17 Å². The molecule has 0 aromatic carbocycles. The summed E-state index contributed by atoms with van der Waals surface area (Å²) in [5, 5.41) is 11.2. The van der Waals surface area contributed by atoms with Crippen molar-refractivity contribution in [2.45, 2.75) is 19.2 Å². The third kappa shape index (κ3) is 1.00. The third-order valence-electron chi connectivity index (χ3n) is 2.00. The Morgan fingerprint density at radius 3 is 3.33 bits per heavy atom. The number of aliphatic hydroxyl groups excluding tert-OH is 1. The molecule has 12 heavy (non-hydrogen) atoms. The van der Waals surface area contributed by atoms with Crippen molar-refractivity contribution in [1.29, 1.82) is 0 Å². The van der Waals surface area contributed by atoms with Gasteiger partial charge in [0.25, 0.3) is 0 Å². The third-order valence-corrected chi connectivity index (χ3v) is 2.00. The van der Waals surface area contributed by atoms with Crippen LogP contribution in [0.1, 0.15) is 6.92 Å². The lowest BCUT2D eigenvalue weighted by molar-refractivity contribution is 0.194. The van der Waals surface area contributed by atoms with Crippen molar-refractivity contribution in [3.63, 3.8) is 0 Å². The van der Waals surface area contributed by atoms with Crippen LogP contribution in [0.2, 0.25) is 0 Å². The molecule has 4 nitrogen and oxygen atoms in total. The number of hydrazine groups is 1. The molecule has 0 aromatic heterocycles. The van der Waals surface area contributed by atoms with E-state index in [1.807, 2.05) is 23.4 Å². The van der Waals surface area contributed by atoms with E-state index in [4.69, 9.17) is 0 Å². The lowest BCUT2D eigenvalue weighted by Gasteiger charge is -2.27. The summed E-state index contributed by atoms with van der Waals surface area (Å²) in [6, 6.07) is 0. The summed E-state index contributed by atoms with van der Waals surface area (Å²) in [5.41, 5.74) is 3.86. The molecule has 2 heterocycles. The normalized spacial score (nSPS) is 28.0. The zero-order valence-electron chi connectivity index (χ0n) is 6.81. The highest BCUT2D eigenvalue weighted by Crippen LogP contribution is 2.20. The second-order valence-electron chi connectivity index (χ2n) is 2.87. The molecule has 0 saturated carbocycles. The Hall–Kier alpha value is -1.29. The van der Waals surface area contributed by atoms with E-state index in [1.54, 1.807) is 13.3 Å². The number of allylic oxidation sites excluding steroid dienone is 2. The van der Waals surface area contributed by atoms with Crippen molar-refractivity contribution in [1.82, 2.24) is 10.4 Å². The lowest BCUT2D eigenvalue weighted by Crippen LogP contribution is -2.38. The SMILES string of the molecule is CC(O)C1=CC=CN2NC=NC12. The van der Waals surface area contributed by atoms with Crippen molar-refractivity contribution in [2.24, 2.45) is 4.99 Å². The average molecular weight is 165 g/mol. The molecule has 2 aliphatic heterocycles. The highest BCUT2D eigenvalue weighted by atomic mass is 16.3. The molecule has 0 aliphatic carbocycles. The minimum Gasteiger partial charge on any atom is -0.389 e. The van der Waals surface area contributed by atoms with Crippen molar-refractivity contribution >= 4 is 6.34 Å². The predicted octanol–water partition coefficient (Wildman–Crippen LogP) is -0.00450. The molecule has 64 valence electrons. The molecule has 2 aliphatic rings. The Labute approximate surface area is 70.9 Å². The summed E-state index contributed by atoms with van der Waals surface area (Å²) in [7, 11) is 0. The Bertz CT molecular complexity index is 267. The van der Waals surface area contributed by atoms with Gasteiger partial charge in [-0.05, 0) is 13.0 Å².